The number of benzene rings is 1. The molecular formula is C16H20N2O5. The van der Waals surface area contributed by atoms with Crippen LogP contribution in [0, 0.1) is 10.1 Å². The molecule has 124 valence electrons. The summed E-state index contributed by atoms with van der Waals surface area (Å²) in [5, 5.41) is 11.1. The van der Waals surface area contributed by atoms with Crippen LogP contribution >= 0.6 is 0 Å². The Hall–Kier alpha value is -2.12. The summed E-state index contributed by atoms with van der Waals surface area (Å²) in [4.78, 5) is 12.8. The molecule has 0 saturated carbocycles. The second-order valence-electron chi connectivity index (χ2n) is 5.64. The molecule has 0 amide bonds. The maximum absolute atomic E-state index is 11.1. The molecule has 7 heteroatoms. The highest BCUT2D eigenvalue weighted by molar-refractivity contribution is 5.76. The minimum atomic E-state index is -0.459. The molecule has 0 bridgehead atoms. The Balaban J connectivity index is 1.90. The van der Waals surface area contributed by atoms with E-state index in [2.05, 4.69) is 11.5 Å². The summed E-state index contributed by atoms with van der Waals surface area (Å²) in [6.45, 7) is 6.52. The van der Waals surface area contributed by atoms with E-state index in [0.29, 0.717) is 24.5 Å². The molecule has 1 aromatic carbocycles. The van der Waals surface area contributed by atoms with Gasteiger partial charge in [-0.2, -0.15) is 0 Å². The Kier molecular flexibility index (Phi) is 4.23. The van der Waals surface area contributed by atoms with Crippen LogP contribution in [0.3, 0.4) is 0 Å². The lowest BCUT2D eigenvalue weighted by atomic mass is 10.0. The van der Waals surface area contributed by atoms with Gasteiger partial charge in [-0.15, -0.1) is 0 Å². The van der Waals surface area contributed by atoms with E-state index in [4.69, 9.17) is 14.2 Å². The predicted molar refractivity (Wildman–Crippen MR) is 85.8 cm³/mol. The van der Waals surface area contributed by atoms with Gasteiger partial charge in [-0.3, -0.25) is 10.1 Å². The minimum absolute atomic E-state index is 0.00330. The number of nitro benzene ring substituents is 1. The molecule has 1 aromatic rings. The normalized spacial score (nSPS) is 19.8. The first-order valence-corrected chi connectivity index (χ1v) is 7.60. The van der Waals surface area contributed by atoms with Gasteiger partial charge in [0.15, 0.2) is 5.79 Å². The predicted octanol–water partition coefficient (Wildman–Crippen LogP) is 2.59. The first-order valence-electron chi connectivity index (χ1n) is 7.60. The lowest BCUT2D eigenvalue weighted by Crippen LogP contribution is -2.45. The number of rotatable bonds is 4. The Morgan fingerprint density at radius 1 is 1.35 bits per heavy atom. The van der Waals surface area contributed by atoms with E-state index >= 15 is 0 Å². The van der Waals surface area contributed by atoms with Crippen LogP contribution in [0.25, 0.3) is 6.08 Å². The first-order chi connectivity index (χ1) is 11.1. The minimum Gasteiger partial charge on any atom is -0.494 e. The van der Waals surface area contributed by atoms with Crippen LogP contribution in [-0.2, 0) is 9.47 Å². The molecule has 0 aliphatic carbocycles. The molecule has 23 heavy (non-hydrogen) atoms. The van der Waals surface area contributed by atoms with Gasteiger partial charge in [-0.25, -0.2) is 0 Å². The second-order valence-corrected chi connectivity index (χ2v) is 5.64. The number of ether oxygens (including phenoxy) is 3. The highest BCUT2D eigenvalue weighted by Gasteiger charge is 2.40. The molecule has 3 rings (SSSR count). The maximum atomic E-state index is 11.1. The monoisotopic (exact) mass is 320 g/mol. The molecule has 2 aliphatic rings. The lowest BCUT2D eigenvalue weighted by molar-refractivity contribution is -0.384. The number of nitro groups is 1. The van der Waals surface area contributed by atoms with Crippen molar-refractivity contribution in [1.82, 2.24) is 0 Å². The molecule has 2 fully saturated rings. The number of anilines is 1. The fourth-order valence-corrected chi connectivity index (χ4v) is 3.23. The Morgan fingerprint density at radius 3 is 2.52 bits per heavy atom. The van der Waals surface area contributed by atoms with Gasteiger partial charge in [0.25, 0.3) is 5.69 Å². The molecule has 1 spiro atoms. The number of methoxy groups -OCH3 is 1. The second kappa shape index (κ2) is 6.17. The molecule has 0 N–H and O–H groups in total. The van der Waals surface area contributed by atoms with Crippen molar-refractivity contribution in [1.29, 1.82) is 0 Å². The largest absolute Gasteiger partial charge is 0.494 e. The molecule has 0 aromatic heterocycles. The summed E-state index contributed by atoms with van der Waals surface area (Å²) in [7, 11) is 1.52. The average Bonchev–Trinajstić information content (AvgIpc) is 3.02. The fraction of sp³-hybridized carbons (Fsp3) is 0.500. The van der Waals surface area contributed by atoms with Crippen LogP contribution in [0.4, 0.5) is 11.4 Å². The van der Waals surface area contributed by atoms with Crippen molar-refractivity contribution in [3.63, 3.8) is 0 Å². The van der Waals surface area contributed by atoms with Crippen molar-refractivity contribution in [3.8, 4) is 5.75 Å². The van der Waals surface area contributed by atoms with Crippen LogP contribution in [0.1, 0.15) is 18.4 Å². The maximum Gasteiger partial charge on any atom is 0.273 e. The van der Waals surface area contributed by atoms with Crippen molar-refractivity contribution in [2.24, 2.45) is 0 Å². The number of piperidine rings is 1. The van der Waals surface area contributed by atoms with Crippen molar-refractivity contribution < 1.29 is 19.1 Å². The van der Waals surface area contributed by atoms with Gasteiger partial charge in [0.1, 0.15) is 5.75 Å². The van der Waals surface area contributed by atoms with E-state index in [0.717, 1.165) is 31.6 Å². The summed E-state index contributed by atoms with van der Waals surface area (Å²) < 4.78 is 16.9. The Bertz CT molecular complexity index is 615. The quantitative estimate of drug-likeness (QED) is 0.627. The number of non-ortho nitro benzene ring substituents is 1. The van der Waals surface area contributed by atoms with Crippen molar-refractivity contribution >= 4 is 17.5 Å². The van der Waals surface area contributed by atoms with E-state index in [-0.39, 0.29) is 5.69 Å². The molecule has 2 saturated heterocycles. The number of hydrogen-bond donors (Lipinski definition) is 0. The van der Waals surface area contributed by atoms with E-state index in [1.54, 1.807) is 6.08 Å². The van der Waals surface area contributed by atoms with Crippen LogP contribution in [-0.4, -0.2) is 44.1 Å². The van der Waals surface area contributed by atoms with Gasteiger partial charge in [0.05, 0.1) is 37.0 Å². The topological polar surface area (TPSA) is 74.1 Å². The van der Waals surface area contributed by atoms with Gasteiger partial charge < -0.3 is 19.1 Å². The van der Waals surface area contributed by atoms with Crippen molar-refractivity contribution in [2.45, 2.75) is 18.6 Å². The number of nitrogens with zero attached hydrogens (tertiary/aromatic N) is 2. The van der Waals surface area contributed by atoms with Crippen molar-refractivity contribution in [3.05, 3.63) is 34.4 Å². The molecule has 2 aliphatic heterocycles. The standard InChI is InChI=1S/C16H20N2O5/c1-3-12-10-13(18(19)20)11-14(21-2)15(12)17-6-4-16(5-7-17)22-8-9-23-16/h3,10-11H,1,4-9H2,2H3. The van der Waals surface area contributed by atoms with Gasteiger partial charge in [-0.05, 0) is 0 Å². The van der Waals surface area contributed by atoms with Crippen molar-refractivity contribution in [2.75, 3.05) is 38.3 Å². The zero-order chi connectivity index (χ0) is 16.4. The fourth-order valence-electron chi connectivity index (χ4n) is 3.23. The van der Waals surface area contributed by atoms with Gasteiger partial charge in [0, 0.05) is 37.6 Å². The van der Waals surface area contributed by atoms with E-state index < -0.39 is 10.7 Å². The third kappa shape index (κ3) is 2.89. The zero-order valence-electron chi connectivity index (χ0n) is 13.1. The van der Waals surface area contributed by atoms with Gasteiger partial charge in [0.2, 0.25) is 0 Å². The molecule has 0 unspecified atom stereocenters. The van der Waals surface area contributed by atoms with E-state index in [9.17, 15) is 10.1 Å². The van der Waals surface area contributed by atoms with Crippen LogP contribution in [0.15, 0.2) is 18.7 Å². The smallest absolute Gasteiger partial charge is 0.273 e. The lowest BCUT2D eigenvalue weighted by Gasteiger charge is -2.39. The summed E-state index contributed by atoms with van der Waals surface area (Å²) in [6.07, 6.45) is 3.13. The van der Waals surface area contributed by atoms with E-state index in [1.807, 2.05) is 0 Å². The molecule has 0 radical (unpaired) electrons. The zero-order valence-corrected chi connectivity index (χ0v) is 13.1. The third-order valence-electron chi connectivity index (χ3n) is 4.39. The summed E-state index contributed by atoms with van der Waals surface area (Å²) in [5.41, 5.74) is 1.53. The summed E-state index contributed by atoms with van der Waals surface area (Å²) in [6, 6.07) is 2.98. The molecule has 2 heterocycles. The van der Waals surface area contributed by atoms with E-state index in [1.165, 1.54) is 19.2 Å². The molecule has 7 nitrogen and oxygen atoms in total. The highest BCUT2D eigenvalue weighted by atomic mass is 16.7. The molecular weight excluding hydrogens is 300 g/mol. The number of hydrogen-bond acceptors (Lipinski definition) is 6. The summed E-state index contributed by atoms with van der Waals surface area (Å²) >= 11 is 0. The first kappa shape index (κ1) is 15.8. The van der Waals surface area contributed by atoms with Gasteiger partial charge >= 0.3 is 0 Å². The third-order valence-corrected chi connectivity index (χ3v) is 4.39. The highest BCUT2D eigenvalue weighted by Crippen LogP contribution is 2.40. The average molecular weight is 320 g/mol. The van der Waals surface area contributed by atoms with Crippen LogP contribution in [0.2, 0.25) is 0 Å². The van der Waals surface area contributed by atoms with Crippen LogP contribution in [0.5, 0.6) is 5.75 Å². The van der Waals surface area contributed by atoms with Gasteiger partial charge in [-0.1, -0.05) is 12.7 Å². The summed E-state index contributed by atoms with van der Waals surface area (Å²) in [5.74, 6) is 0.0251. The SMILES string of the molecule is C=Cc1cc([N+](=O)[O-])cc(OC)c1N1CCC2(CC1)OCCO2. The Morgan fingerprint density at radius 2 is 2.00 bits per heavy atom. The molecule has 0 atom stereocenters. The Labute approximate surface area is 134 Å². The van der Waals surface area contributed by atoms with Crippen LogP contribution < -0.4 is 9.64 Å².